The van der Waals surface area contributed by atoms with Gasteiger partial charge in [0.25, 0.3) is 0 Å². The molecule has 0 saturated carbocycles. The van der Waals surface area contributed by atoms with E-state index in [0.717, 1.165) is 19.3 Å². The van der Waals surface area contributed by atoms with Crippen LogP contribution in [0.15, 0.2) is 12.7 Å². The lowest BCUT2D eigenvalue weighted by atomic mass is 9.97. The summed E-state index contributed by atoms with van der Waals surface area (Å²) < 4.78 is 33.7. The second-order valence-electron chi connectivity index (χ2n) is 10.4. The molecule has 3 heterocycles. The molecule has 9 N–H and O–H groups in total. The third-order valence-corrected chi connectivity index (χ3v) is 7.45. The average molecular weight is 585 g/mol. The number of ether oxygens (including phenoxy) is 6. The van der Waals surface area contributed by atoms with E-state index >= 15 is 0 Å². The van der Waals surface area contributed by atoms with Crippen LogP contribution in [0.25, 0.3) is 0 Å². The van der Waals surface area contributed by atoms with Crippen molar-refractivity contribution in [1.29, 1.82) is 0 Å². The zero-order chi connectivity index (χ0) is 29.6. The Morgan fingerprint density at radius 2 is 1.57 bits per heavy atom. The monoisotopic (exact) mass is 584 g/mol. The highest BCUT2D eigenvalue weighted by molar-refractivity contribution is 4.96. The Bertz CT molecular complexity index is 772. The van der Waals surface area contributed by atoms with Gasteiger partial charge in [-0.25, -0.2) is 0 Å². The summed E-state index contributed by atoms with van der Waals surface area (Å²) in [5.41, 5.74) is -1.93. The van der Waals surface area contributed by atoms with E-state index in [4.69, 9.17) is 28.4 Å². The molecule has 40 heavy (non-hydrogen) atoms. The quantitative estimate of drug-likeness (QED) is 0.0704. The van der Waals surface area contributed by atoms with Crippen molar-refractivity contribution in [2.45, 2.75) is 118 Å². The van der Waals surface area contributed by atoms with E-state index in [-0.39, 0.29) is 0 Å². The van der Waals surface area contributed by atoms with Gasteiger partial charge >= 0.3 is 0 Å². The lowest BCUT2D eigenvalue weighted by molar-refractivity contribution is -0.372. The van der Waals surface area contributed by atoms with E-state index in [2.05, 4.69) is 6.58 Å². The molecular weight excluding hydrogens is 540 g/mol. The van der Waals surface area contributed by atoms with Crippen LogP contribution in [0.5, 0.6) is 0 Å². The molecule has 3 fully saturated rings. The van der Waals surface area contributed by atoms with Gasteiger partial charge in [0.2, 0.25) is 0 Å². The molecule has 0 aromatic rings. The van der Waals surface area contributed by atoms with Crippen molar-refractivity contribution in [2.75, 3.05) is 26.4 Å². The zero-order valence-electron chi connectivity index (χ0n) is 22.4. The Balaban J connectivity index is 1.75. The maximum Gasteiger partial charge on any atom is 0.187 e. The summed E-state index contributed by atoms with van der Waals surface area (Å²) in [5, 5.41) is 91.7. The van der Waals surface area contributed by atoms with Crippen molar-refractivity contribution in [1.82, 2.24) is 0 Å². The van der Waals surface area contributed by atoms with Gasteiger partial charge in [-0.1, -0.05) is 32.3 Å². The highest BCUT2D eigenvalue weighted by atomic mass is 16.8. The minimum absolute atomic E-state index is 0.397. The van der Waals surface area contributed by atoms with Crippen LogP contribution in [0.1, 0.15) is 32.6 Å². The number of aliphatic hydroxyl groups excluding tert-OH is 8. The molecule has 3 aliphatic rings. The van der Waals surface area contributed by atoms with Gasteiger partial charge in [-0.3, -0.25) is 0 Å². The van der Waals surface area contributed by atoms with Crippen LogP contribution >= 0.6 is 0 Å². The highest BCUT2D eigenvalue weighted by Crippen LogP contribution is 2.32. The molecule has 0 bridgehead atoms. The van der Waals surface area contributed by atoms with Gasteiger partial charge < -0.3 is 74.4 Å². The van der Waals surface area contributed by atoms with Crippen LogP contribution in [0.3, 0.4) is 0 Å². The Morgan fingerprint density at radius 1 is 0.900 bits per heavy atom. The molecule has 15 heteroatoms. The van der Waals surface area contributed by atoms with Crippen LogP contribution in [-0.2, 0) is 28.4 Å². The summed E-state index contributed by atoms with van der Waals surface area (Å²) in [4.78, 5) is 0. The molecular formula is C25H44O15. The molecule has 234 valence electrons. The third kappa shape index (κ3) is 7.55. The molecule has 0 aromatic carbocycles. The van der Waals surface area contributed by atoms with Crippen LogP contribution in [0, 0.1) is 0 Å². The molecule has 0 spiro atoms. The first-order valence-corrected chi connectivity index (χ1v) is 13.5. The molecule has 0 radical (unpaired) electrons. The molecule has 0 aliphatic carbocycles. The second-order valence-corrected chi connectivity index (χ2v) is 10.4. The van der Waals surface area contributed by atoms with E-state index < -0.39 is 112 Å². The van der Waals surface area contributed by atoms with E-state index in [1.165, 1.54) is 6.08 Å². The van der Waals surface area contributed by atoms with Gasteiger partial charge in [0.05, 0.1) is 32.5 Å². The average Bonchev–Trinajstić information content (AvgIpc) is 3.24. The standard InChI is InChI=1S/C25H44O15/c1-3-5-6-7-12(4-2)37-23-20(40-22-19(32)17(30)15(28)13(8-26)38-22)18(31)16(29)14(39-23)9-35-24-21(33)25(34,10-27)11-36-24/h4,12-24,26-34H,2-3,5-11H2,1H3. The number of hydrogen-bond donors (Lipinski definition) is 9. The molecule has 14 atom stereocenters. The third-order valence-electron chi connectivity index (χ3n) is 7.45. The van der Waals surface area contributed by atoms with Crippen molar-refractivity contribution in [3.8, 4) is 0 Å². The first-order valence-electron chi connectivity index (χ1n) is 13.5. The number of rotatable bonds is 14. The largest absolute Gasteiger partial charge is 0.394 e. The van der Waals surface area contributed by atoms with E-state index in [1.807, 2.05) is 6.92 Å². The Kier molecular flexibility index (Phi) is 12.7. The normalized spacial score (nSPS) is 45.0. The lowest BCUT2D eigenvalue weighted by Gasteiger charge is -2.46. The van der Waals surface area contributed by atoms with Gasteiger partial charge in [0, 0.05) is 0 Å². The first-order chi connectivity index (χ1) is 19.0. The van der Waals surface area contributed by atoms with Crippen molar-refractivity contribution in [2.24, 2.45) is 0 Å². The summed E-state index contributed by atoms with van der Waals surface area (Å²) >= 11 is 0. The second kappa shape index (κ2) is 15.0. The summed E-state index contributed by atoms with van der Waals surface area (Å²) in [6.45, 7) is 3.49. The summed E-state index contributed by atoms with van der Waals surface area (Å²) in [7, 11) is 0. The van der Waals surface area contributed by atoms with Gasteiger partial charge in [0.1, 0.15) is 60.5 Å². The molecule has 15 nitrogen and oxygen atoms in total. The maximum atomic E-state index is 11.0. The fourth-order valence-electron chi connectivity index (χ4n) is 4.77. The van der Waals surface area contributed by atoms with Crippen molar-refractivity contribution >= 4 is 0 Å². The van der Waals surface area contributed by atoms with E-state index in [0.29, 0.717) is 6.42 Å². The van der Waals surface area contributed by atoms with Gasteiger partial charge in [-0.15, -0.1) is 6.58 Å². The SMILES string of the molecule is C=CC(CCCCC)OC1OC(COC2OCC(O)(CO)C2O)C(O)C(O)C1OC1OC(CO)C(O)C(O)C1O. The van der Waals surface area contributed by atoms with Crippen molar-refractivity contribution < 1.29 is 74.4 Å². The minimum atomic E-state index is -1.93. The molecule has 3 rings (SSSR count). The predicted molar refractivity (Wildman–Crippen MR) is 132 cm³/mol. The summed E-state index contributed by atoms with van der Waals surface area (Å²) in [6.07, 6.45) is -14.4. The van der Waals surface area contributed by atoms with Gasteiger partial charge in [-0.2, -0.15) is 0 Å². The fraction of sp³-hybridized carbons (Fsp3) is 0.920. The van der Waals surface area contributed by atoms with Crippen molar-refractivity contribution in [3.63, 3.8) is 0 Å². The predicted octanol–water partition coefficient (Wildman–Crippen LogP) is -3.77. The number of aliphatic hydroxyl groups is 9. The number of hydrogen-bond acceptors (Lipinski definition) is 15. The van der Waals surface area contributed by atoms with Gasteiger partial charge in [-0.05, 0) is 6.42 Å². The summed E-state index contributed by atoms with van der Waals surface area (Å²) in [5.74, 6) is 0. The Hall–Kier alpha value is -0.860. The zero-order valence-corrected chi connectivity index (χ0v) is 22.4. The van der Waals surface area contributed by atoms with Crippen LogP contribution in [-0.4, -0.2) is 158 Å². The molecule has 14 unspecified atom stereocenters. The fourth-order valence-corrected chi connectivity index (χ4v) is 4.77. The van der Waals surface area contributed by atoms with Gasteiger partial charge in [0.15, 0.2) is 18.9 Å². The topological polar surface area (TPSA) is 237 Å². The molecule has 0 aromatic heterocycles. The molecule has 3 aliphatic heterocycles. The molecule has 3 saturated heterocycles. The van der Waals surface area contributed by atoms with Crippen molar-refractivity contribution in [3.05, 3.63) is 12.7 Å². The van der Waals surface area contributed by atoms with E-state index in [1.54, 1.807) is 0 Å². The minimum Gasteiger partial charge on any atom is -0.394 e. The molecule has 0 amide bonds. The first kappa shape index (κ1) is 33.6. The highest BCUT2D eigenvalue weighted by Gasteiger charge is 2.53. The van der Waals surface area contributed by atoms with Crippen LogP contribution in [0.4, 0.5) is 0 Å². The summed E-state index contributed by atoms with van der Waals surface area (Å²) in [6, 6.07) is 0. The lowest BCUT2D eigenvalue weighted by Crippen LogP contribution is -2.65. The van der Waals surface area contributed by atoms with Crippen LogP contribution < -0.4 is 0 Å². The van der Waals surface area contributed by atoms with Crippen LogP contribution in [0.2, 0.25) is 0 Å². The maximum absolute atomic E-state index is 11.0. The van der Waals surface area contributed by atoms with E-state index in [9.17, 15) is 46.0 Å². The Labute approximate surface area is 232 Å². The number of unbranched alkanes of at least 4 members (excludes halogenated alkanes) is 2. The Morgan fingerprint density at radius 3 is 2.17 bits per heavy atom. The smallest absolute Gasteiger partial charge is 0.187 e.